The normalized spacial score (nSPS) is 9.38. The number of aryl methyl sites for hydroxylation is 1. The van der Waals surface area contributed by atoms with Gasteiger partial charge in [-0.25, -0.2) is 4.68 Å². The first kappa shape index (κ1) is 11.9. The maximum Gasteiger partial charge on any atom is 0.266 e. The van der Waals surface area contributed by atoms with Gasteiger partial charge in [0.05, 0.1) is 5.69 Å². The molecule has 0 aliphatic carbocycles. The number of nitrogens with zero attached hydrogens (tertiary/aromatic N) is 2. The van der Waals surface area contributed by atoms with Crippen molar-refractivity contribution in [3.05, 3.63) is 28.2 Å². The Balaban J connectivity index is 0.000000671. The van der Waals surface area contributed by atoms with Gasteiger partial charge < -0.3 is 0 Å². The highest BCUT2D eigenvalue weighted by atomic mass is 16.1. The minimum Gasteiger partial charge on any atom is -0.268 e. The summed E-state index contributed by atoms with van der Waals surface area (Å²) in [5.74, 6) is 0.377. The molecule has 3 nitrogen and oxygen atoms in total. The van der Waals surface area contributed by atoms with Crippen LogP contribution in [0.2, 0.25) is 0 Å². The van der Waals surface area contributed by atoms with Gasteiger partial charge in [0.15, 0.2) is 0 Å². The first-order valence-corrected chi connectivity index (χ1v) is 4.65. The number of rotatable bonds is 1. The molecule has 0 saturated carbocycles. The molecule has 0 aromatic carbocycles. The Labute approximate surface area is 79.4 Å². The average Bonchev–Trinajstić information content (AvgIpc) is 2.13. The van der Waals surface area contributed by atoms with Gasteiger partial charge in [-0.1, -0.05) is 27.7 Å². The van der Waals surface area contributed by atoms with Gasteiger partial charge in [-0.05, 0) is 12.0 Å². The van der Waals surface area contributed by atoms with Gasteiger partial charge in [-0.15, -0.1) is 0 Å². The minimum atomic E-state index is -0.0607. The predicted octanol–water partition coefficient (Wildman–Crippen LogP) is 1.93. The Morgan fingerprint density at radius 2 is 1.85 bits per heavy atom. The second-order valence-electron chi connectivity index (χ2n) is 2.87. The lowest BCUT2D eigenvalue weighted by molar-refractivity contribution is 0.653. The molecule has 0 atom stereocenters. The van der Waals surface area contributed by atoms with E-state index in [1.165, 1.54) is 4.68 Å². The average molecular weight is 182 g/mol. The highest BCUT2D eigenvalue weighted by Crippen LogP contribution is 2.07. The minimum absolute atomic E-state index is 0.0607. The van der Waals surface area contributed by atoms with Crippen LogP contribution in [0.15, 0.2) is 16.9 Å². The molecule has 1 aromatic rings. The summed E-state index contributed by atoms with van der Waals surface area (Å²) >= 11 is 0. The fourth-order valence-electron chi connectivity index (χ4n) is 0.828. The van der Waals surface area contributed by atoms with Crippen molar-refractivity contribution < 1.29 is 0 Å². The molecule has 0 N–H and O–H groups in total. The quantitative estimate of drug-likeness (QED) is 0.665. The topological polar surface area (TPSA) is 34.9 Å². The van der Waals surface area contributed by atoms with E-state index < -0.39 is 0 Å². The summed E-state index contributed by atoms with van der Waals surface area (Å²) in [6.45, 7) is 8.10. The van der Waals surface area contributed by atoms with Crippen molar-refractivity contribution in [2.45, 2.75) is 33.6 Å². The number of aromatic nitrogens is 2. The van der Waals surface area contributed by atoms with Crippen molar-refractivity contribution >= 4 is 0 Å². The molecule has 0 unspecified atom stereocenters. The zero-order valence-corrected chi connectivity index (χ0v) is 9.03. The Morgan fingerprint density at radius 3 is 2.23 bits per heavy atom. The van der Waals surface area contributed by atoms with Crippen LogP contribution in [0.1, 0.15) is 39.3 Å². The standard InChI is InChI=1S/C8H12N2O.C2H6/c1-6(2)7-4-5-8(11)10(3)9-7;1-2/h4-6H,1-3H3;1-2H3. The van der Waals surface area contributed by atoms with E-state index in [-0.39, 0.29) is 5.56 Å². The maximum absolute atomic E-state index is 10.9. The van der Waals surface area contributed by atoms with Gasteiger partial charge >= 0.3 is 0 Å². The highest BCUT2D eigenvalue weighted by molar-refractivity contribution is 5.04. The molecule has 0 aliphatic rings. The molecular weight excluding hydrogens is 164 g/mol. The maximum atomic E-state index is 10.9. The lowest BCUT2D eigenvalue weighted by atomic mass is 10.1. The third-order valence-corrected chi connectivity index (χ3v) is 1.57. The van der Waals surface area contributed by atoms with Crippen molar-refractivity contribution in [3.63, 3.8) is 0 Å². The van der Waals surface area contributed by atoms with E-state index in [1.54, 1.807) is 19.2 Å². The third kappa shape index (κ3) is 3.40. The van der Waals surface area contributed by atoms with Crippen LogP contribution in [-0.4, -0.2) is 9.78 Å². The number of hydrogen-bond acceptors (Lipinski definition) is 2. The first-order chi connectivity index (χ1) is 6.11. The van der Waals surface area contributed by atoms with Gasteiger partial charge in [0.25, 0.3) is 5.56 Å². The largest absolute Gasteiger partial charge is 0.268 e. The van der Waals surface area contributed by atoms with Gasteiger partial charge in [0, 0.05) is 13.1 Å². The molecule has 0 fully saturated rings. The Morgan fingerprint density at radius 1 is 1.31 bits per heavy atom. The van der Waals surface area contributed by atoms with E-state index in [2.05, 4.69) is 5.10 Å². The lowest BCUT2D eigenvalue weighted by Crippen LogP contribution is -2.19. The lowest BCUT2D eigenvalue weighted by Gasteiger charge is -2.03. The van der Waals surface area contributed by atoms with Gasteiger partial charge in [-0.3, -0.25) is 4.79 Å². The van der Waals surface area contributed by atoms with E-state index in [0.29, 0.717) is 5.92 Å². The molecular formula is C10H18N2O. The molecule has 0 radical (unpaired) electrons. The van der Waals surface area contributed by atoms with Gasteiger partial charge in [0.2, 0.25) is 0 Å². The van der Waals surface area contributed by atoms with Crippen LogP contribution < -0.4 is 5.56 Å². The summed E-state index contributed by atoms with van der Waals surface area (Å²) in [5.41, 5.74) is 0.890. The van der Waals surface area contributed by atoms with Gasteiger partial charge in [0.1, 0.15) is 0 Å². The highest BCUT2D eigenvalue weighted by Gasteiger charge is 2.00. The van der Waals surface area contributed by atoms with Crippen LogP contribution in [-0.2, 0) is 7.05 Å². The molecule has 0 spiro atoms. The van der Waals surface area contributed by atoms with E-state index in [4.69, 9.17) is 0 Å². The molecule has 0 bridgehead atoms. The van der Waals surface area contributed by atoms with E-state index in [1.807, 2.05) is 27.7 Å². The molecule has 0 amide bonds. The van der Waals surface area contributed by atoms with Gasteiger partial charge in [-0.2, -0.15) is 5.10 Å². The molecule has 0 saturated heterocycles. The molecule has 1 rings (SSSR count). The summed E-state index contributed by atoms with van der Waals surface area (Å²) in [4.78, 5) is 10.9. The van der Waals surface area contributed by atoms with Crippen LogP contribution in [0.25, 0.3) is 0 Å². The van der Waals surface area contributed by atoms with Crippen molar-refractivity contribution in [3.8, 4) is 0 Å². The molecule has 74 valence electrons. The molecule has 1 aromatic heterocycles. The summed E-state index contributed by atoms with van der Waals surface area (Å²) in [7, 11) is 1.66. The predicted molar refractivity (Wildman–Crippen MR) is 54.9 cm³/mol. The van der Waals surface area contributed by atoms with Crippen LogP contribution in [0, 0.1) is 0 Å². The second kappa shape index (κ2) is 5.51. The third-order valence-electron chi connectivity index (χ3n) is 1.57. The Hall–Kier alpha value is -1.12. The summed E-state index contributed by atoms with van der Waals surface area (Å²) in [6.07, 6.45) is 0. The SMILES string of the molecule is CC.CC(C)c1ccc(=O)n(C)n1. The van der Waals surface area contributed by atoms with E-state index >= 15 is 0 Å². The molecule has 3 heteroatoms. The van der Waals surface area contributed by atoms with Crippen molar-refractivity contribution in [1.82, 2.24) is 9.78 Å². The van der Waals surface area contributed by atoms with Crippen LogP contribution in [0.3, 0.4) is 0 Å². The van der Waals surface area contributed by atoms with E-state index in [9.17, 15) is 4.79 Å². The molecule has 0 aliphatic heterocycles. The zero-order chi connectivity index (χ0) is 10.4. The van der Waals surface area contributed by atoms with Crippen molar-refractivity contribution in [2.75, 3.05) is 0 Å². The Bertz CT molecular complexity index is 302. The molecule has 1 heterocycles. The molecule has 13 heavy (non-hydrogen) atoms. The fourth-order valence-corrected chi connectivity index (χ4v) is 0.828. The summed E-state index contributed by atoms with van der Waals surface area (Å²) in [5, 5.41) is 4.08. The monoisotopic (exact) mass is 182 g/mol. The summed E-state index contributed by atoms with van der Waals surface area (Å²) in [6, 6.07) is 3.31. The smallest absolute Gasteiger partial charge is 0.266 e. The fraction of sp³-hybridized carbons (Fsp3) is 0.600. The van der Waals surface area contributed by atoms with Crippen LogP contribution in [0.4, 0.5) is 0 Å². The second-order valence-corrected chi connectivity index (χ2v) is 2.87. The van der Waals surface area contributed by atoms with E-state index in [0.717, 1.165) is 5.69 Å². The summed E-state index contributed by atoms with van der Waals surface area (Å²) < 4.78 is 1.36. The number of hydrogen-bond donors (Lipinski definition) is 0. The Kier molecular flexibility index (Phi) is 5.04. The van der Waals surface area contributed by atoms with Crippen molar-refractivity contribution in [2.24, 2.45) is 7.05 Å². The van der Waals surface area contributed by atoms with Crippen LogP contribution in [0.5, 0.6) is 0 Å². The van der Waals surface area contributed by atoms with Crippen molar-refractivity contribution in [1.29, 1.82) is 0 Å². The first-order valence-electron chi connectivity index (χ1n) is 4.65. The van der Waals surface area contributed by atoms with Crippen LogP contribution >= 0.6 is 0 Å². The zero-order valence-electron chi connectivity index (χ0n) is 9.03.